The Hall–Kier alpha value is -4.04. The van der Waals surface area contributed by atoms with Crippen molar-refractivity contribution in [2.45, 2.75) is 18.4 Å². The molecule has 8 heteroatoms. The molecule has 0 aliphatic carbocycles. The third-order valence-corrected chi connectivity index (χ3v) is 7.41. The molecule has 2 aliphatic rings. The molecule has 0 radical (unpaired) electrons. The largest absolute Gasteiger partial charge is 0.383 e. The van der Waals surface area contributed by atoms with Crippen LogP contribution in [0.15, 0.2) is 79.1 Å². The van der Waals surface area contributed by atoms with E-state index in [1.165, 1.54) is 0 Å². The average Bonchev–Trinajstić information content (AvgIpc) is 2.97. The first-order chi connectivity index (χ1) is 18.6. The van der Waals surface area contributed by atoms with Gasteiger partial charge in [-0.1, -0.05) is 54.6 Å². The van der Waals surface area contributed by atoms with Crippen LogP contribution in [-0.2, 0) is 20.7 Å². The number of hydrogen-bond acceptors (Lipinski definition) is 5. The molecule has 1 saturated heterocycles. The average molecular weight is 513 g/mol. The normalized spacial score (nSPS) is 19.3. The fourth-order valence-electron chi connectivity index (χ4n) is 5.47. The summed E-state index contributed by atoms with van der Waals surface area (Å²) in [6.07, 6.45) is 3.76. The number of amides is 3. The number of rotatable bonds is 7. The number of ether oxygens (including phenoxy) is 1. The van der Waals surface area contributed by atoms with Crippen LogP contribution in [0.4, 0.5) is 0 Å². The minimum atomic E-state index is -0.587. The Morgan fingerprint density at radius 2 is 1.63 bits per heavy atom. The van der Waals surface area contributed by atoms with Crippen molar-refractivity contribution in [3.63, 3.8) is 0 Å². The topological polar surface area (TPSA) is 83.0 Å². The first-order valence-corrected chi connectivity index (χ1v) is 13.0. The molecule has 0 N–H and O–H groups in total. The second-order valence-corrected chi connectivity index (χ2v) is 9.66. The van der Waals surface area contributed by atoms with Crippen LogP contribution in [0, 0.1) is 0 Å². The van der Waals surface area contributed by atoms with Gasteiger partial charge < -0.3 is 19.4 Å². The van der Waals surface area contributed by atoms with E-state index >= 15 is 0 Å². The van der Waals surface area contributed by atoms with Gasteiger partial charge in [0.1, 0.15) is 0 Å². The van der Waals surface area contributed by atoms with Gasteiger partial charge in [-0.25, -0.2) is 0 Å². The summed E-state index contributed by atoms with van der Waals surface area (Å²) in [5, 5.41) is 0. The molecule has 0 spiro atoms. The van der Waals surface area contributed by atoms with Crippen molar-refractivity contribution in [3.8, 4) is 0 Å². The Labute approximate surface area is 222 Å². The van der Waals surface area contributed by atoms with E-state index in [1.807, 2.05) is 70.5 Å². The molecule has 3 aromatic rings. The third kappa shape index (κ3) is 5.17. The van der Waals surface area contributed by atoms with Crippen molar-refractivity contribution in [3.05, 3.63) is 101 Å². The molecule has 2 atom stereocenters. The van der Waals surface area contributed by atoms with Crippen LogP contribution in [-0.4, -0.2) is 83.8 Å². The fraction of sp³-hybridized carbons (Fsp3) is 0.333. The van der Waals surface area contributed by atoms with Crippen LogP contribution in [0.3, 0.4) is 0 Å². The first kappa shape index (κ1) is 25.6. The maximum atomic E-state index is 14.2. The Morgan fingerprint density at radius 1 is 0.921 bits per heavy atom. The molecule has 0 bridgehead atoms. The van der Waals surface area contributed by atoms with Crippen LogP contribution in [0.1, 0.15) is 39.0 Å². The van der Waals surface area contributed by atoms with Gasteiger partial charge in [0.15, 0.2) is 0 Å². The summed E-state index contributed by atoms with van der Waals surface area (Å²) in [6.45, 7) is 2.57. The molecular formula is C30H32N4O4. The maximum Gasteiger partial charge on any atom is 0.254 e. The first-order valence-electron chi connectivity index (χ1n) is 13.0. The molecule has 3 amide bonds. The highest BCUT2D eigenvalue weighted by Crippen LogP contribution is 2.43. The van der Waals surface area contributed by atoms with E-state index < -0.39 is 12.0 Å². The molecule has 0 saturated carbocycles. The van der Waals surface area contributed by atoms with Crippen molar-refractivity contribution < 1.29 is 19.1 Å². The summed E-state index contributed by atoms with van der Waals surface area (Å²) in [7, 11) is 1.60. The molecule has 1 aromatic heterocycles. The SMILES string of the molecule is COCCN1C(=O)c2ccccc2[C@H](C(=O)N2CCN(C(=O)Cc3ccccc3)CC2)[C@@H]1c1cccnc1. The Bertz CT molecular complexity index is 1280. The summed E-state index contributed by atoms with van der Waals surface area (Å²) in [5.74, 6) is -0.685. The quantitative estimate of drug-likeness (QED) is 0.486. The Morgan fingerprint density at radius 3 is 2.34 bits per heavy atom. The number of carbonyl (C=O) groups is 3. The number of fused-ring (bicyclic) bond motifs is 1. The molecular weight excluding hydrogens is 480 g/mol. The summed E-state index contributed by atoms with van der Waals surface area (Å²) in [6, 6.07) is 20.3. The van der Waals surface area contributed by atoms with Crippen LogP contribution >= 0.6 is 0 Å². The molecule has 1 fully saturated rings. The zero-order chi connectivity index (χ0) is 26.5. The molecule has 196 valence electrons. The van der Waals surface area contributed by atoms with Gasteiger partial charge in [0.2, 0.25) is 11.8 Å². The second-order valence-electron chi connectivity index (χ2n) is 9.66. The molecule has 3 heterocycles. The summed E-state index contributed by atoms with van der Waals surface area (Å²) in [5.41, 5.74) is 3.06. The lowest BCUT2D eigenvalue weighted by atomic mass is 9.79. The minimum Gasteiger partial charge on any atom is -0.383 e. The summed E-state index contributed by atoms with van der Waals surface area (Å²) < 4.78 is 5.31. The summed E-state index contributed by atoms with van der Waals surface area (Å²) >= 11 is 0. The number of piperazine rings is 1. The van der Waals surface area contributed by atoms with Gasteiger partial charge in [-0.15, -0.1) is 0 Å². The predicted molar refractivity (Wildman–Crippen MR) is 142 cm³/mol. The summed E-state index contributed by atoms with van der Waals surface area (Å²) in [4.78, 5) is 50.4. The number of methoxy groups -OCH3 is 1. The number of benzene rings is 2. The fourth-order valence-corrected chi connectivity index (χ4v) is 5.47. The highest BCUT2D eigenvalue weighted by molar-refractivity contribution is 6.01. The number of aromatic nitrogens is 1. The Kier molecular flexibility index (Phi) is 7.79. The predicted octanol–water partition coefficient (Wildman–Crippen LogP) is 2.92. The minimum absolute atomic E-state index is 0.0450. The van der Waals surface area contributed by atoms with Crippen LogP contribution in [0.2, 0.25) is 0 Å². The lowest BCUT2D eigenvalue weighted by Gasteiger charge is -2.44. The third-order valence-electron chi connectivity index (χ3n) is 7.41. The van der Waals surface area contributed by atoms with Gasteiger partial charge in [-0.2, -0.15) is 0 Å². The van der Waals surface area contributed by atoms with E-state index in [4.69, 9.17) is 4.74 Å². The zero-order valence-corrected chi connectivity index (χ0v) is 21.5. The highest BCUT2D eigenvalue weighted by Gasteiger charge is 2.45. The van der Waals surface area contributed by atoms with Crippen molar-refractivity contribution in [1.29, 1.82) is 0 Å². The lowest BCUT2D eigenvalue weighted by Crippen LogP contribution is -2.54. The second kappa shape index (κ2) is 11.6. The molecule has 2 aliphatic heterocycles. The molecule has 2 aromatic carbocycles. The van der Waals surface area contributed by atoms with E-state index in [0.717, 1.165) is 16.7 Å². The van der Waals surface area contributed by atoms with Gasteiger partial charge in [0.05, 0.1) is 25.0 Å². The van der Waals surface area contributed by atoms with E-state index in [-0.39, 0.29) is 17.7 Å². The van der Waals surface area contributed by atoms with Crippen LogP contribution < -0.4 is 0 Å². The van der Waals surface area contributed by atoms with Crippen LogP contribution in [0.5, 0.6) is 0 Å². The van der Waals surface area contributed by atoms with Gasteiger partial charge >= 0.3 is 0 Å². The van der Waals surface area contributed by atoms with Crippen LogP contribution in [0.25, 0.3) is 0 Å². The monoisotopic (exact) mass is 512 g/mol. The van der Waals surface area contributed by atoms with E-state index in [9.17, 15) is 14.4 Å². The van der Waals surface area contributed by atoms with Gasteiger partial charge in [0.25, 0.3) is 5.91 Å². The molecule has 38 heavy (non-hydrogen) atoms. The molecule has 0 unspecified atom stereocenters. The molecule has 8 nitrogen and oxygen atoms in total. The van der Waals surface area contributed by atoms with Crippen molar-refractivity contribution >= 4 is 17.7 Å². The van der Waals surface area contributed by atoms with E-state index in [1.54, 1.807) is 30.5 Å². The van der Waals surface area contributed by atoms with E-state index in [0.29, 0.717) is 51.3 Å². The number of pyridine rings is 1. The number of carbonyl (C=O) groups excluding carboxylic acids is 3. The van der Waals surface area contributed by atoms with Gasteiger partial charge in [0, 0.05) is 57.8 Å². The molecule has 5 rings (SSSR count). The smallest absolute Gasteiger partial charge is 0.254 e. The number of nitrogens with zero attached hydrogens (tertiary/aromatic N) is 4. The lowest BCUT2D eigenvalue weighted by molar-refractivity contribution is -0.141. The number of hydrogen-bond donors (Lipinski definition) is 0. The Balaban J connectivity index is 1.40. The van der Waals surface area contributed by atoms with Crippen molar-refractivity contribution in [1.82, 2.24) is 19.7 Å². The standard InChI is InChI=1S/C30H32N4O4/c1-38-19-18-34-28(23-10-7-13-31-21-23)27(24-11-5-6-12-25(24)29(34)36)30(37)33-16-14-32(15-17-33)26(35)20-22-8-3-2-4-9-22/h2-13,21,27-28H,14-20H2,1H3/t27-,28-/m0/s1. The van der Waals surface area contributed by atoms with Crippen molar-refractivity contribution in [2.24, 2.45) is 0 Å². The van der Waals surface area contributed by atoms with Gasteiger partial charge in [-0.3, -0.25) is 19.4 Å². The highest BCUT2D eigenvalue weighted by atomic mass is 16.5. The zero-order valence-electron chi connectivity index (χ0n) is 21.5. The van der Waals surface area contributed by atoms with E-state index in [2.05, 4.69) is 4.98 Å². The van der Waals surface area contributed by atoms with Gasteiger partial charge in [-0.05, 0) is 28.8 Å². The van der Waals surface area contributed by atoms with Crippen molar-refractivity contribution in [2.75, 3.05) is 46.4 Å². The maximum absolute atomic E-state index is 14.2.